The van der Waals surface area contributed by atoms with Crippen LogP contribution in [-0.4, -0.2) is 42.8 Å². The van der Waals surface area contributed by atoms with E-state index in [4.69, 9.17) is 17.0 Å². The summed E-state index contributed by atoms with van der Waals surface area (Å²) in [6.07, 6.45) is 0. The molecule has 0 aromatic heterocycles. The van der Waals surface area contributed by atoms with Crippen molar-refractivity contribution in [1.82, 2.24) is 10.2 Å². The number of hydrogen-bond acceptors (Lipinski definition) is 3. The maximum Gasteiger partial charge on any atom is 0.170 e. The van der Waals surface area contributed by atoms with E-state index in [1.807, 2.05) is 31.2 Å². The first kappa shape index (κ1) is 16.7. The molecular weight excluding hydrogens is 270 g/mol. The smallest absolute Gasteiger partial charge is 0.170 e. The molecule has 2 N–H and O–H groups in total. The van der Waals surface area contributed by atoms with Gasteiger partial charge >= 0.3 is 0 Å². The molecule has 20 heavy (non-hydrogen) atoms. The SMILES string of the molecule is CCOc1ccc(NC(=S)NCCN(CC)CC)cc1. The fourth-order valence-corrected chi connectivity index (χ4v) is 2.06. The number of benzene rings is 1. The van der Waals surface area contributed by atoms with E-state index in [-0.39, 0.29) is 0 Å². The molecule has 4 nitrogen and oxygen atoms in total. The van der Waals surface area contributed by atoms with E-state index in [1.54, 1.807) is 0 Å². The molecule has 112 valence electrons. The molecule has 0 aliphatic heterocycles. The molecule has 0 amide bonds. The molecule has 5 heteroatoms. The van der Waals surface area contributed by atoms with Crippen molar-refractivity contribution < 1.29 is 4.74 Å². The van der Waals surface area contributed by atoms with Gasteiger partial charge in [-0.3, -0.25) is 0 Å². The van der Waals surface area contributed by atoms with Crippen LogP contribution in [0.1, 0.15) is 20.8 Å². The zero-order valence-corrected chi connectivity index (χ0v) is 13.4. The number of nitrogens with zero attached hydrogens (tertiary/aromatic N) is 1. The lowest BCUT2D eigenvalue weighted by Crippen LogP contribution is -2.36. The summed E-state index contributed by atoms with van der Waals surface area (Å²) >= 11 is 5.27. The largest absolute Gasteiger partial charge is 0.494 e. The fraction of sp³-hybridized carbons (Fsp3) is 0.533. The summed E-state index contributed by atoms with van der Waals surface area (Å²) < 4.78 is 5.40. The second-order valence-electron chi connectivity index (χ2n) is 4.37. The lowest BCUT2D eigenvalue weighted by Gasteiger charge is -2.19. The summed E-state index contributed by atoms with van der Waals surface area (Å²) in [7, 11) is 0. The van der Waals surface area contributed by atoms with E-state index in [0.29, 0.717) is 11.7 Å². The van der Waals surface area contributed by atoms with Crippen LogP contribution >= 0.6 is 12.2 Å². The van der Waals surface area contributed by atoms with Crippen molar-refractivity contribution in [1.29, 1.82) is 0 Å². The Bertz CT molecular complexity index is 391. The lowest BCUT2D eigenvalue weighted by atomic mass is 10.3. The standard InChI is InChI=1S/C15H25N3OS/c1-4-18(5-2)12-11-16-15(20)17-13-7-9-14(10-8-13)19-6-3/h7-10H,4-6,11-12H2,1-3H3,(H2,16,17,20). The third kappa shape index (κ3) is 6.21. The fourth-order valence-electron chi connectivity index (χ4n) is 1.84. The number of likely N-dealkylation sites (N-methyl/N-ethyl adjacent to an activating group) is 1. The molecule has 0 atom stereocenters. The topological polar surface area (TPSA) is 36.5 Å². The number of nitrogens with one attached hydrogen (secondary N) is 2. The van der Waals surface area contributed by atoms with E-state index in [0.717, 1.165) is 37.6 Å². The van der Waals surface area contributed by atoms with Crippen LogP contribution in [0.4, 0.5) is 5.69 Å². The molecule has 0 bridgehead atoms. The van der Waals surface area contributed by atoms with Gasteiger partial charge in [0.25, 0.3) is 0 Å². The highest BCUT2D eigenvalue weighted by Crippen LogP contribution is 2.15. The monoisotopic (exact) mass is 295 g/mol. The molecule has 0 radical (unpaired) electrons. The van der Waals surface area contributed by atoms with Gasteiger partial charge in [0.1, 0.15) is 5.75 Å². The molecule has 1 rings (SSSR count). The van der Waals surface area contributed by atoms with Gasteiger partial charge in [-0.05, 0) is 56.5 Å². The number of hydrogen-bond donors (Lipinski definition) is 2. The minimum atomic E-state index is 0.654. The van der Waals surface area contributed by atoms with Gasteiger partial charge in [-0.2, -0.15) is 0 Å². The molecular formula is C15H25N3OS. The molecule has 0 fully saturated rings. The van der Waals surface area contributed by atoms with Gasteiger partial charge < -0.3 is 20.3 Å². The van der Waals surface area contributed by atoms with Crippen molar-refractivity contribution in [2.24, 2.45) is 0 Å². The summed E-state index contributed by atoms with van der Waals surface area (Å²) in [6, 6.07) is 7.79. The Morgan fingerprint density at radius 1 is 1.15 bits per heavy atom. The van der Waals surface area contributed by atoms with Crippen LogP contribution in [0.2, 0.25) is 0 Å². The molecule has 0 aliphatic carbocycles. The molecule has 0 heterocycles. The molecule has 0 unspecified atom stereocenters. The second kappa shape index (κ2) is 9.55. The molecule has 1 aromatic carbocycles. The average molecular weight is 295 g/mol. The highest BCUT2D eigenvalue weighted by Gasteiger charge is 2.01. The van der Waals surface area contributed by atoms with Crippen LogP contribution in [0.3, 0.4) is 0 Å². The lowest BCUT2D eigenvalue weighted by molar-refractivity contribution is 0.308. The summed E-state index contributed by atoms with van der Waals surface area (Å²) in [5, 5.41) is 7.04. The Labute approximate surface area is 127 Å². The van der Waals surface area contributed by atoms with Crippen LogP contribution in [-0.2, 0) is 0 Å². The first-order valence-corrected chi connectivity index (χ1v) is 7.60. The first-order valence-electron chi connectivity index (χ1n) is 7.19. The van der Waals surface area contributed by atoms with Crippen molar-refractivity contribution in [3.63, 3.8) is 0 Å². The Balaban J connectivity index is 2.31. The van der Waals surface area contributed by atoms with E-state index in [2.05, 4.69) is 29.4 Å². The van der Waals surface area contributed by atoms with E-state index >= 15 is 0 Å². The van der Waals surface area contributed by atoms with Crippen molar-refractivity contribution in [2.75, 3.05) is 38.1 Å². The normalized spacial score (nSPS) is 10.4. The van der Waals surface area contributed by atoms with Crippen molar-refractivity contribution in [3.8, 4) is 5.75 Å². The predicted molar refractivity (Wildman–Crippen MR) is 89.6 cm³/mol. The van der Waals surface area contributed by atoms with Crippen LogP contribution in [0.15, 0.2) is 24.3 Å². The highest BCUT2D eigenvalue weighted by atomic mass is 32.1. The molecule has 0 saturated carbocycles. The zero-order valence-electron chi connectivity index (χ0n) is 12.6. The minimum Gasteiger partial charge on any atom is -0.494 e. The quantitative estimate of drug-likeness (QED) is 0.721. The molecule has 1 aromatic rings. The number of rotatable bonds is 8. The number of anilines is 1. The van der Waals surface area contributed by atoms with Gasteiger partial charge in [0, 0.05) is 18.8 Å². The van der Waals surface area contributed by atoms with Gasteiger partial charge in [-0.1, -0.05) is 13.8 Å². The summed E-state index contributed by atoms with van der Waals surface area (Å²) in [5.74, 6) is 0.874. The maximum absolute atomic E-state index is 5.40. The van der Waals surface area contributed by atoms with Gasteiger partial charge in [0.15, 0.2) is 5.11 Å². The predicted octanol–water partition coefficient (Wildman–Crippen LogP) is 2.71. The highest BCUT2D eigenvalue weighted by molar-refractivity contribution is 7.80. The van der Waals surface area contributed by atoms with Gasteiger partial charge in [0.05, 0.1) is 6.61 Å². The number of ether oxygens (including phenoxy) is 1. The van der Waals surface area contributed by atoms with E-state index in [1.165, 1.54) is 0 Å². The van der Waals surface area contributed by atoms with Crippen molar-refractivity contribution >= 4 is 23.0 Å². The van der Waals surface area contributed by atoms with Gasteiger partial charge in [-0.15, -0.1) is 0 Å². The molecule has 0 aliphatic rings. The van der Waals surface area contributed by atoms with Crippen molar-refractivity contribution in [2.45, 2.75) is 20.8 Å². The zero-order chi connectivity index (χ0) is 14.8. The van der Waals surface area contributed by atoms with Crippen molar-refractivity contribution in [3.05, 3.63) is 24.3 Å². The first-order chi connectivity index (χ1) is 9.69. The summed E-state index contributed by atoms with van der Waals surface area (Å²) in [4.78, 5) is 2.35. The minimum absolute atomic E-state index is 0.654. The summed E-state index contributed by atoms with van der Waals surface area (Å²) in [5.41, 5.74) is 0.966. The average Bonchev–Trinajstić information content (AvgIpc) is 2.46. The van der Waals surface area contributed by atoms with Gasteiger partial charge in [-0.25, -0.2) is 0 Å². The number of thiocarbonyl (C=S) groups is 1. The maximum atomic E-state index is 5.40. The Kier molecular flexibility index (Phi) is 7.99. The van der Waals surface area contributed by atoms with Crippen LogP contribution in [0.5, 0.6) is 5.75 Å². The van der Waals surface area contributed by atoms with Gasteiger partial charge in [0.2, 0.25) is 0 Å². The van der Waals surface area contributed by atoms with Crippen LogP contribution < -0.4 is 15.4 Å². The Hall–Kier alpha value is -1.33. The summed E-state index contributed by atoms with van der Waals surface area (Å²) in [6.45, 7) is 11.0. The van der Waals surface area contributed by atoms with E-state index in [9.17, 15) is 0 Å². The Morgan fingerprint density at radius 3 is 2.35 bits per heavy atom. The molecule has 0 spiro atoms. The third-order valence-corrected chi connectivity index (χ3v) is 3.28. The Morgan fingerprint density at radius 2 is 1.80 bits per heavy atom. The second-order valence-corrected chi connectivity index (χ2v) is 4.77. The van der Waals surface area contributed by atoms with Crippen LogP contribution in [0.25, 0.3) is 0 Å². The van der Waals surface area contributed by atoms with E-state index < -0.39 is 0 Å². The third-order valence-electron chi connectivity index (χ3n) is 3.03. The van der Waals surface area contributed by atoms with Crippen LogP contribution in [0, 0.1) is 0 Å². The molecule has 0 saturated heterocycles.